The zero-order valence-corrected chi connectivity index (χ0v) is 12.5. The van der Waals surface area contributed by atoms with Crippen LogP contribution in [-0.4, -0.2) is 14.8 Å². The maximum Gasteiger partial charge on any atom is 0.147 e. The van der Waals surface area contributed by atoms with Gasteiger partial charge in [0.25, 0.3) is 0 Å². The van der Waals surface area contributed by atoms with Crippen LogP contribution in [0.5, 0.6) is 0 Å². The molecular weight excluding hydrogens is 246 g/mol. The second kappa shape index (κ2) is 9.37. The van der Waals surface area contributed by atoms with Crippen LogP contribution in [0.25, 0.3) is 0 Å². The highest BCUT2D eigenvalue weighted by Crippen LogP contribution is 2.11. The predicted molar refractivity (Wildman–Crippen MR) is 77.0 cm³/mol. The average Bonchev–Trinajstić information content (AvgIpc) is 2.79. The monoisotopic (exact) mass is 271 g/mol. The number of rotatable bonds is 10. The van der Waals surface area contributed by atoms with Crippen LogP contribution >= 0.6 is 11.6 Å². The summed E-state index contributed by atoms with van der Waals surface area (Å²) in [5.41, 5.74) is 0. The summed E-state index contributed by atoms with van der Waals surface area (Å²) in [5, 5.41) is 8.36. The molecule has 0 aliphatic carbocycles. The Morgan fingerprint density at radius 3 is 2.11 bits per heavy atom. The maximum absolute atomic E-state index is 5.83. The molecule has 0 radical (unpaired) electrons. The largest absolute Gasteiger partial charge is 0.314 e. The summed E-state index contributed by atoms with van der Waals surface area (Å²) in [7, 11) is 0. The Balaban J connectivity index is 2.21. The minimum absolute atomic E-state index is 0.456. The van der Waals surface area contributed by atoms with E-state index in [2.05, 4.69) is 28.6 Å². The van der Waals surface area contributed by atoms with Crippen molar-refractivity contribution in [2.24, 2.45) is 0 Å². The van der Waals surface area contributed by atoms with Crippen molar-refractivity contribution < 1.29 is 0 Å². The number of alkyl halides is 1. The molecule has 0 atom stereocenters. The van der Waals surface area contributed by atoms with E-state index in [4.69, 9.17) is 11.6 Å². The fourth-order valence-corrected chi connectivity index (χ4v) is 2.46. The summed E-state index contributed by atoms with van der Waals surface area (Å²) in [5.74, 6) is 2.46. The molecule has 0 bridgehead atoms. The van der Waals surface area contributed by atoms with Crippen LogP contribution in [0.3, 0.4) is 0 Å². The standard InChI is InChI=1S/C14H26ClN3/c1-3-5-6-7-8-9-10-11-13-16-17-14(12-15)18(13)4-2/h3-12H2,1-2H3. The molecule has 0 unspecified atom stereocenters. The van der Waals surface area contributed by atoms with E-state index >= 15 is 0 Å². The molecular formula is C14H26ClN3. The van der Waals surface area contributed by atoms with Crippen LogP contribution < -0.4 is 0 Å². The quantitative estimate of drug-likeness (QED) is 0.468. The molecule has 3 nitrogen and oxygen atoms in total. The molecule has 104 valence electrons. The smallest absolute Gasteiger partial charge is 0.147 e. The van der Waals surface area contributed by atoms with Gasteiger partial charge in [-0.15, -0.1) is 21.8 Å². The van der Waals surface area contributed by atoms with Gasteiger partial charge in [0.15, 0.2) is 0 Å². The van der Waals surface area contributed by atoms with Gasteiger partial charge in [0.1, 0.15) is 11.6 Å². The first-order chi connectivity index (χ1) is 8.83. The SMILES string of the molecule is CCCCCCCCCc1nnc(CCl)n1CC. The molecule has 0 aliphatic rings. The predicted octanol–water partition coefficient (Wildman–Crippen LogP) is 4.33. The third-order valence-corrected chi connectivity index (χ3v) is 3.58. The van der Waals surface area contributed by atoms with Crippen molar-refractivity contribution in [1.82, 2.24) is 14.8 Å². The van der Waals surface area contributed by atoms with Crippen molar-refractivity contribution in [3.63, 3.8) is 0 Å². The first kappa shape index (κ1) is 15.5. The van der Waals surface area contributed by atoms with Gasteiger partial charge in [0.05, 0.1) is 5.88 Å². The van der Waals surface area contributed by atoms with E-state index in [1.165, 1.54) is 44.9 Å². The highest BCUT2D eigenvalue weighted by atomic mass is 35.5. The molecule has 1 heterocycles. The molecule has 1 rings (SSSR count). The van der Waals surface area contributed by atoms with E-state index < -0.39 is 0 Å². The average molecular weight is 272 g/mol. The Hall–Kier alpha value is -0.570. The van der Waals surface area contributed by atoms with Crippen LogP contribution in [0.15, 0.2) is 0 Å². The molecule has 1 aromatic heterocycles. The van der Waals surface area contributed by atoms with Crippen molar-refractivity contribution in [3.05, 3.63) is 11.6 Å². The Kier molecular flexibility index (Phi) is 8.06. The lowest BCUT2D eigenvalue weighted by Crippen LogP contribution is -2.05. The fraction of sp³-hybridized carbons (Fsp3) is 0.857. The van der Waals surface area contributed by atoms with E-state index in [0.29, 0.717) is 5.88 Å². The van der Waals surface area contributed by atoms with Crippen molar-refractivity contribution in [2.75, 3.05) is 0 Å². The van der Waals surface area contributed by atoms with Gasteiger partial charge in [-0.2, -0.15) is 0 Å². The van der Waals surface area contributed by atoms with Gasteiger partial charge in [-0.25, -0.2) is 0 Å². The maximum atomic E-state index is 5.83. The van der Waals surface area contributed by atoms with E-state index in [1.807, 2.05) is 0 Å². The van der Waals surface area contributed by atoms with Crippen LogP contribution in [0.4, 0.5) is 0 Å². The molecule has 0 fully saturated rings. The van der Waals surface area contributed by atoms with Gasteiger partial charge in [0, 0.05) is 13.0 Å². The number of hydrogen-bond donors (Lipinski definition) is 0. The summed E-state index contributed by atoms with van der Waals surface area (Å²) in [6.07, 6.45) is 10.4. The third-order valence-electron chi connectivity index (χ3n) is 3.34. The van der Waals surface area contributed by atoms with Crippen LogP contribution in [-0.2, 0) is 18.8 Å². The number of hydrogen-bond acceptors (Lipinski definition) is 2. The summed E-state index contributed by atoms with van der Waals surface area (Å²) >= 11 is 5.83. The first-order valence-corrected chi connectivity index (χ1v) is 7.83. The molecule has 0 spiro atoms. The van der Waals surface area contributed by atoms with Crippen molar-refractivity contribution >= 4 is 11.6 Å². The Morgan fingerprint density at radius 1 is 0.889 bits per heavy atom. The van der Waals surface area contributed by atoms with Crippen LogP contribution in [0, 0.1) is 0 Å². The lowest BCUT2D eigenvalue weighted by molar-refractivity contribution is 0.573. The topological polar surface area (TPSA) is 30.7 Å². The van der Waals surface area contributed by atoms with E-state index in [0.717, 1.165) is 24.6 Å². The van der Waals surface area contributed by atoms with Crippen LogP contribution in [0.2, 0.25) is 0 Å². The van der Waals surface area contributed by atoms with Crippen LogP contribution in [0.1, 0.15) is 70.4 Å². The molecule has 0 amide bonds. The minimum Gasteiger partial charge on any atom is -0.314 e. The van der Waals surface area contributed by atoms with Crippen molar-refractivity contribution in [3.8, 4) is 0 Å². The Labute approximate surface area is 116 Å². The first-order valence-electron chi connectivity index (χ1n) is 7.30. The van der Waals surface area contributed by atoms with Crippen molar-refractivity contribution in [1.29, 1.82) is 0 Å². The molecule has 0 N–H and O–H groups in total. The zero-order chi connectivity index (χ0) is 13.2. The number of aryl methyl sites for hydroxylation is 1. The lowest BCUT2D eigenvalue weighted by atomic mass is 10.1. The number of halogens is 1. The van der Waals surface area contributed by atoms with Crippen molar-refractivity contribution in [2.45, 2.75) is 77.6 Å². The Morgan fingerprint density at radius 2 is 1.50 bits per heavy atom. The number of nitrogens with zero attached hydrogens (tertiary/aromatic N) is 3. The lowest BCUT2D eigenvalue weighted by Gasteiger charge is -2.05. The van der Waals surface area contributed by atoms with E-state index in [1.54, 1.807) is 0 Å². The third kappa shape index (κ3) is 4.97. The van der Waals surface area contributed by atoms with Gasteiger partial charge in [-0.3, -0.25) is 0 Å². The molecule has 0 aliphatic heterocycles. The van der Waals surface area contributed by atoms with Gasteiger partial charge >= 0.3 is 0 Å². The van der Waals surface area contributed by atoms with Gasteiger partial charge in [0.2, 0.25) is 0 Å². The molecule has 0 saturated carbocycles. The van der Waals surface area contributed by atoms with Gasteiger partial charge in [-0.05, 0) is 13.3 Å². The normalized spacial score (nSPS) is 11.1. The summed E-state index contributed by atoms with van der Waals surface area (Å²) in [6, 6.07) is 0. The molecule has 18 heavy (non-hydrogen) atoms. The molecule has 0 aromatic carbocycles. The fourth-order valence-electron chi connectivity index (χ4n) is 2.26. The Bertz CT molecular complexity index is 323. The molecule has 1 aromatic rings. The van der Waals surface area contributed by atoms with E-state index in [9.17, 15) is 0 Å². The van der Waals surface area contributed by atoms with E-state index in [-0.39, 0.29) is 0 Å². The van der Waals surface area contributed by atoms with Gasteiger partial charge < -0.3 is 4.57 Å². The summed E-state index contributed by atoms with van der Waals surface area (Å²) in [6.45, 7) is 5.29. The second-order valence-electron chi connectivity index (χ2n) is 4.78. The number of aromatic nitrogens is 3. The highest BCUT2D eigenvalue weighted by molar-refractivity contribution is 6.16. The summed E-state index contributed by atoms with van der Waals surface area (Å²) in [4.78, 5) is 0. The zero-order valence-electron chi connectivity index (χ0n) is 11.8. The second-order valence-corrected chi connectivity index (χ2v) is 5.05. The molecule has 0 saturated heterocycles. The van der Waals surface area contributed by atoms with Gasteiger partial charge in [-0.1, -0.05) is 45.4 Å². The highest BCUT2D eigenvalue weighted by Gasteiger charge is 2.08. The molecule has 4 heteroatoms. The summed E-state index contributed by atoms with van der Waals surface area (Å²) < 4.78 is 2.14. The minimum atomic E-state index is 0.456. The number of unbranched alkanes of at least 4 members (excludes halogenated alkanes) is 6.